The van der Waals surface area contributed by atoms with Gasteiger partial charge in [-0.2, -0.15) is 13.2 Å². The fourth-order valence-electron chi connectivity index (χ4n) is 5.18. The van der Waals surface area contributed by atoms with Crippen LogP contribution in [-0.4, -0.2) is 73.1 Å². The molecule has 0 aliphatic carbocycles. The number of methoxy groups -OCH3 is 1. The molecule has 3 atom stereocenters. The molecule has 0 unspecified atom stereocenters. The molecule has 0 amide bonds. The van der Waals surface area contributed by atoms with Crippen LogP contribution in [-0.2, 0) is 0 Å². The zero-order valence-electron chi connectivity index (χ0n) is 19.4. The molecule has 0 bridgehead atoms. The largest absolute Gasteiger partial charge is 0.495 e. The molecule has 182 valence electrons. The number of rotatable bonds is 5. The maximum atomic E-state index is 12.8. The van der Waals surface area contributed by atoms with E-state index in [9.17, 15) is 18.3 Å². The van der Waals surface area contributed by atoms with Crippen LogP contribution < -0.4 is 4.74 Å². The van der Waals surface area contributed by atoms with Crippen molar-refractivity contribution in [3.05, 3.63) is 65.2 Å². The molecule has 2 saturated heterocycles. The Morgan fingerprint density at radius 2 is 1.76 bits per heavy atom. The van der Waals surface area contributed by atoms with Gasteiger partial charge in [0.2, 0.25) is 0 Å². The van der Waals surface area contributed by atoms with Crippen molar-refractivity contribution in [1.29, 1.82) is 0 Å². The van der Waals surface area contributed by atoms with E-state index in [1.54, 1.807) is 7.11 Å². The highest BCUT2D eigenvalue weighted by atomic mass is 19.4. The average molecular weight is 473 g/mol. The fourth-order valence-corrected chi connectivity index (χ4v) is 5.18. The number of benzene rings is 2. The average Bonchev–Trinajstić information content (AvgIpc) is 2.81. The summed E-state index contributed by atoms with van der Waals surface area (Å²) < 4.78 is 43.8. The van der Waals surface area contributed by atoms with Gasteiger partial charge in [-0.05, 0) is 55.8 Å². The van der Waals surface area contributed by atoms with Crippen molar-refractivity contribution in [3.8, 4) is 17.6 Å². The summed E-state index contributed by atoms with van der Waals surface area (Å²) in [4.78, 5) is 4.22. The van der Waals surface area contributed by atoms with Gasteiger partial charge in [-0.25, -0.2) is 0 Å². The summed E-state index contributed by atoms with van der Waals surface area (Å²) in [5.74, 6) is 7.14. The summed E-state index contributed by atoms with van der Waals surface area (Å²) in [5, 5.41) is 10.1. The molecule has 0 radical (unpaired) electrons. The minimum atomic E-state index is -4.14. The molecule has 1 N–H and O–H groups in total. The number of fused-ring (bicyclic) bond motifs is 1. The number of ether oxygens (including phenoxy) is 1. The zero-order valence-corrected chi connectivity index (χ0v) is 19.4. The number of hydrogen-bond acceptors (Lipinski definition) is 4. The zero-order chi connectivity index (χ0) is 24.1. The Bertz CT molecular complexity index is 1010. The van der Waals surface area contributed by atoms with E-state index in [1.807, 2.05) is 53.4 Å². The second-order valence-corrected chi connectivity index (χ2v) is 9.03. The van der Waals surface area contributed by atoms with E-state index in [0.29, 0.717) is 13.1 Å². The molecule has 2 aliphatic heterocycles. The number of halogens is 3. The van der Waals surface area contributed by atoms with Crippen molar-refractivity contribution in [3.63, 3.8) is 0 Å². The highest BCUT2D eigenvalue weighted by Crippen LogP contribution is 2.42. The molecule has 4 rings (SSSR count). The van der Waals surface area contributed by atoms with Gasteiger partial charge in [0.1, 0.15) is 5.75 Å². The number of alkyl halides is 3. The molecule has 0 saturated carbocycles. The quantitative estimate of drug-likeness (QED) is 0.660. The van der Waals surface area contributed by atoms with Gasteiger partial charge in [-0.1, -0.05) is 36.1 Å². The van der Waals surface area contributed by atoms with Crippen LogP contribution in [0.5, 0.6) is 5.75 Å². The molecule has 2 aromatic rings. The molecule has 2 aromatic carbocycles. The SMILES string of the molecule is COc1ccccc1C#Cc1ccc([C@H]2[C@H]3CN(CCC(F)(F)F)CCCCN3[C@H]2CO)cc1. The Hall–Kier alpha value is -2.53. The van der Waals surface area contributed by atoms with Crippen LogP contribution in [0.15, 0.2) is 48.5 Å². The lowest BCUT2D eigenvalue weighted by atomic mass is 9.74. The number of aliphatic hydroxyl groups excluding tert-OH is 1. The normalized spacial score (nSPS) is 23.6. The van der Waals surface area contributed by atoms with E-state index in [1.165, 1.54) is 0 Å². The Kier molecular flexibility index (Phi) is 7.82. The third-order valence-electron chi connectivity index (χ3n) is 6.91. The van der Waals surface area contributed by atoms with Gasteiger partial charge in [-0.3, -0.25) is 4.90 Å². The van der Waals surface area contributed by atoms with Crippen LogP contribution in [0.3, 0.4) is 0 Å². The number of hydrogen-bond donors (Lipinski definition) is 1. The first kappa shape index (κ1) is 24.6. The van der Waals surface area contributed by atoms with Gasteiger partial charge in [0.15, 0.2) is 0 Å². The van der Waals surface area contributed by atoms with E-state index in [2.05, 4.69) is 16.7 Å². The van der Waals surface area contributed by atoms with Crippen molar-refractivity contribution >= 4 is 0 Å². The first-order valence-corrected chi connectivity index (χ1v) is 11.8. The Balaban J connectivity index is 1.49. The van der Waals surface area contributed by atoms with E-state index in [0.717, 1.165) is 41.8 Å². The summed E-state index contributed by atoms with van der Waals surface area (Å²) in [6.45, 7) is 2.23. The monoisotopic (exact) mass is 472 g/mol. The molecule has 2 aliphatic rings. The number of aliphatic hydroxyl groups is 1. The molecule has 7 heteroatoms. The van der Waals surface area contributed by atoms with Crippen LogP contribution in [0.1, 0.15) is 41.9 Å². The lowest BCUT2D eigenvalue weighted by molar-refractivity contribution is -0.140. The topological polar surface area (TPSA) is 35.9 Å². The maximum Gasteiger partial charge on any atom is 0.390 e. The maximum absolute atomic E-state index is 12.8. The molecule has 0 aromatic heterocycles. The standard InChI is InChI=1S/C27H31F3N2O2/c1-34-25-7-3-2-6-21(25)11-8-20-9-12-22(13-10-20)26-23-18-31(17-14-27(28,29)30)15-4-5-16-32(23)24(26)19-33/h2-3,6-7,9-10,12-13,23-24,26,33H,4-5,14-19H2,1H3/t23-,24+,26+/m1/s1. The number of para-hydroxylation sites is 1. The lowest BCUT2D eigenvalue weighted by Gasteiger charge is -2.57. The van der Waals surface area contributed by atoms with Crippen LogP contribution in [0, 0.1) is 11.8 Å². The third-order valence-corrected chi connectivity index (χ3v) is 6.91. The minimum Gasteiger partial charge on any atom is -0.495 e. The summed E-state index contributed by atoms with van der Waals surface area (Å²) in [6, 6.07) is 15.7. The summed E-state index contributed by atoms with van der Waals surface area (Å²) >= 11 is 0. The Morgan fingerprint density at radius 1 is 1.03 bits per heavy atom. The second-order valence-electron chi connectivity index (χ2n) is 9.03. The fraction of sp³-hybridized carbons (Fsp3) is 0.481. The van der Waals surface area contributed by atoms with Crippen molar-refractivity contribution in [2.45, 2.75) is 43.4 Å². The minimum absolute atomic E-state index is 0.00178. The van der Waals surface area contributed by atoms with Gasteiger partial charge in [-0.15, -0.1) is 0 Å². The van der Waals surface area contributed by atoms with E-state index >= 15 is 0 Å². The third kappa shape index (κ3) is 5.75. The highest BCUT2D eigenvalue weighted by molar-refractivity contribution is 5.50. The lowest BCUT2D eigenvalue weighted by Crippen LogP contribution is -2.67. The molecule has 34 heavy (non-hydrogen) atoms. The highest BCUT2D eigenvalue weighted by Gasteiger charge is 2.49. The van der Waals surface area contributed by atoms with Crippen molar-refractivity contribution < 1.29 is 23.0 Å². The van der Waals surface area contributed by atoms with E-state index in [4.69, 9.17) is 4.74 Å². The van der Waals surface area contributed by atoms with Crippen LogP contribution in [0.2, 0.25) is 0 Å². The molecular weight excluding hydrogens is 441 g/mol. The van der Waals surface area contributed by atoms with Crippen LogP contribution in [0.4, 0.5) is 13.2 Å². The molecular formula is C27H31F3N2O2. The van der Waals surface area contributed by atoms with Crippen LogP contribution >= 0.6 is 0 Å². The first-order chi connectivity index (χ1) is 16.4. The predicted molar refractivity (Wildman–Crippen MR) is 126 cm³/mol. The van der Waals surface area contributed by atoms with Crippen molar-refractivity contribution in [1.82, 2.24) is 9.80 Å². The van der Waals surface area contributed by atoms with Gasteiger partial charge < -0.3 is 14.7 Å². The van der Waals surface area contributed by atoms with Crippen LogP contribution in [0.25, 0.3) is 0 Å². The Labute approximate surface area is 199 Å². The van der Waals surface area contributed by atoms with E-state index in [-0.39, 0.29) is 31.2 Å². The summed E-state index contributed by atoms with van der Waals surface area (Å²) in [7, 11) is 1.62. The van der Waals surface area contributed by atoms with Gasteiger partial charge in [0.05, 0.1) is 25.7 Å². The summed E-state index contributed by atoms with van der Waals surface area (Å²) in [5.41, 5.74) is 2.79. The van der Waals surface area contributed by atoms with Gasteiger partial charge >= 0.3 is 6.18 Å². The summed E-state index contributed by atoms with van der Waals surface area (Å²) in [6.07, 6.45) is -3.12. The molecule has 4 nitrogen and oxygen atoms in total. The molecule has 0 spiro atoms. The van der Waals surface area contributed by atoms with Crippen molar-refractivity contribution in [2.24, 2.45) is 0 Å². The predicted octanol–water partition coefficient (Wildman–Crippen LogP) is 4.27. The molecule has 2 fully saturated rings. The van der Waals surface area contributed by atoms with Gasteiger partial charge in [0.25, 0.3) is 0 Å². The number of nitrogens with zero attached hydrogens (tertiary/aromatic N) is 2. The van der Waals surface area contributed by atoms with E-state index < -0.39 is 12.6 Å². The van der Waals surface area contributed by atoms with Gasteiger partial charge in [0, 0.05) is 36.7 Å². The Morgan fingerprint density at radius 3 is 2.47 bits per heavy atom. The first-order valence-electron chi connectivity index (χ1n) is 11.8. The second kappa shape index (κ2) is 10.8. The van der Waals surface area contributed by atoms with Crippen molar-refractivity contribution in [2.75, 3.05) is 39.9 Å². The smallest absolute Gasteiger partial charge is 0.390 e. The molecule has 2 heterocycles.